The van der Waals surface area contributed by atoms with Crippen LogP contribution in [0.3, 0.4) is 0 Å². The van der Waals surface area contributed by atoms with Crippen molar-refractivity contribution < 1.29 is 4.79 Å². The van der Waals surface area contributed by atoms with Crippen molar-refractivity contribution >= 4 is 11.6 Å². The highest BCUT2D eigenvalue weighted by molar-refractivity contribution is 5.99. The minimum absolute atomic E-state index is 0.00289. The number of hydrogen-bond donors (Lipinski definition) is 1. The summed E-state index contributed by atoms with van der Waals surface area (Å²) in [6.45, 7) is 7.69. The van der Waals surface area contributed by atoms with Gasteiger partial charge >= 0.3 is 0 Å². The molecule has 126 valence electrons. The van der Waals surface area contributed by atoms with Gasteiger partial charge in [0.2, 0.25) is 5.91 Å². The minimum atomic E-state index is 0.00289. The first-order chi connectivity index (χ1) is 11.1. The van der Waals surface area contributed by atoms with Crippen LogP contribution in [-0.4, -0.2) is 11.6 Å². The molecule has 1 rings (SSSR count). The Morgan fingerprint density at radius 2 is 1.70 bits per heavy atom. The molecular formula is C20H30N2O. The summed E-state index contributed by atoms with van der Waals surface area (Å²) in [6.07, 6.45) is 10.6. The molecule has 0 aromatic heterocycles. The Morgan fingerprint density at radius 3 is 2.35 bits per heavy atom. The molecule has 0 atom stereocenters. The van der Waals surface area contributed by atoms with Crippen molar-refractivity contribution in [3.8, 4) is 0 Å². The lowest BCUT2D eigenvalue weighted by Gasteiger charge is -2.04. The summed E-state index contributed by atoms with van der Waals surface area (Å²) in [6, 6.07) is 8.13. The number of hydrogen-bond acceptors (Lipinski definition) is 2. The van der Waals surface area contributed by atoms with E-state index in [1.165, 1.54) is 31.2 Å². The van der Waals surface area contributed by atoms with E-state index in [2.05, 4.69) is 24.0 Å². The molecule has 0 radical (unpaired) electrons. The van der Waals surface area contributed by atoms with E-state index in [1.807, 2.05) is 37.3 Å². The van der Waals surface area contributed by atoms with Gasteiger partial charge in [0, 0.05) is 6.42 Å². The van der Waals surface area contributed by atoms with E-state index >= 15 is 0 Å². The van der Waals surface area contributed by atoms with Crippen molar-refractivity contribution in [1.82, 2.24) is 5.43 Å². The number of amides is 1. The summed E-state index contributed by atoms with van der Waals surface area (Å²) >= 11 is 0. The molecule has 0 aliphatic rings. The van der Waals surface area contributed by atoms with Gasteiger partial charge in [0.1, 0.15) is 0 Å². The summed E-state index contributed by atoms with van der Waals surface area (Å²) < 4.78 is 0. The first kappa shape index (κ1) is 19.1. The minimum Gasteiger partial charge on any atom is -0.273 e. The van der Waals surface area contributed by atoms with Crippen molar-refractivity contribution in [2.24, 2.45) is 5.10 Å². The Hall–Kier alpha value is -1.90. The number of benzene rings is 1. The third-order valence-electron chi connectivity index (χ3n) is 3.88. The number of aryl methyl sites for hydroxylation is 1. The number of rotatable bonds is 11. The molecule has 23 heavy (non-hydrogen) atoms. The Kier molecular flexibility index (Phi) is 9.69. The van der Waals surface area contributed by atoms with Crippen LogP contribution < -0.4 is 5.43 Å². The lowest BCUT2D eigenvalue weighted by Crippen LogP contribution is -2.18. The molecule has 0 bridgehead atoms. The summed E-state index contributed by atoms with van der Waals surface area (Å²) in [5, 5.41) is 4.18. The van der Waals surface area contributed by atoms with Gasteiger partial charge in [-0.3, -0.25) is 4.79 Å². The number of carbonyl (C=O) groups is 1. The fourth-order valence-electron chi connectivity index (χ4n) is 2.34. The Morgan fingerprint density at radius 1 is 1.09 bits per heavy atom. The number of unbranched alkanes of at least 4 members (excludes halogenated alkanes) is 6. The Labute approximate surface area is 140 Å². The van der Waals surface area contributed by atoms with Crippen LogP contribution in [0.15, 0.2) is 42.0 Å². The Bertz CT molecular complexity index is 503. The second-order valence-corrected chi connectivity index (χ2v) is 6.05. The summed E-state index contributed by atoms with van der Waals surface area (Å²) in [7, 11) is 0. The molecule has 0 fully saturated rings. The van der Waals surface area contributed by atoms with Gasteiger partial charge in [-0.15, -0.1) is 6.58 Å². The topological polar surface area (TPSA) is 41.5 Å². The Balaban J connectivity index is 2.15. The highest BCUT2D eigenvalue weighted by atomic mass is 16.2. The van der Waals surface area contributed by atoms with Crippen molar-refractivity contribution in [2.75, 3.05) is 0 Å². The fraction of sp³-hybridized carbons (Fsp3) is 0.500. The maximum atomic E-state index is 11.8. The monoisotopic (exact) mass is 314 g/mol. The van der Waals surface area contributed by atoms with Gasteiger partial charge in [0.05, 0.1) is 5.71 Å². The van der Waals surface area contributed by atoms with Gasteiger partial charge in [-0.1, -0.05) is 61.6 Å². The molecule has 0 aliphatic heterocycles. The van der Waals surface area contributed by atoms with Crippen LogP contribution in [0.2, 0.25) is 0 Å². The zero-order chi connectivity index (χ0) is 16.9. The molecule has 0 spiro atoms. The fourth-order valence-corrected chi connectivity index (χ4v) is 2.34. The molecule has 1 aromatic rings. The van der Waals surface area contributed by atoms with Crippen LogP contribution in [0.5, 0.6) is 0 Å². The van der Waals surface area contributed by atoms with Crippen LogP contribution in [0.1, 0.15) is 69.4 Å². The molecule has 1 N–H and O–H groups in total. The second kappa shape index (κ2) is 11.6. The van der Waals surface area contributed by atoms with Gasteiger partial charge in [-0.05, 0) is 38.7 Å². The molecule has 0 unspecified atom stereocenters. The third-order valence-corrected chi connectivity index (χ3v) is 3.88. The van der Waals surface area contributed by atoms with E-state index in [9.17, 15) is 4.79 Å². The van der Waals surface area contributed by atoms with Crippen LogP contribution in [0, 0.1) is 6.92 Å². The van der Waals surface area contributed by atoms with E-state index < -0.39 is 0 Å². The van der Waals surface area contributed by atoms with E-state index in [0.717, 1.165) is 30.5 Å². The molecule has 1 aromatic carbocycles. The van der Waals surface area contributed by atoms with Crippen molar-refractivity contribution in [3.05, 3.63) is 48.0 Å². The molecule has 0 aliphatic carbocycles. The average Bonchev–Trinajstić information content (AvgIpc) is 2.55. The van der Waals surface area contributed by atoms with Crippen LogP contribution in [0.4, 0.5) is 0 Å². The van der Waals surface area contributed by atoms with Crippen LogP contribution >= 0.6 is 0 Å². The number of allylic oxidation sites excluding steroid dienone is 1. The number of carbonyl (C=O) groups excluding carboxylic acids is 1. The first-order valence-electron chi connectivity index (χ1n) is 8.64. The van der Waals surface area contributed by atoms with Gasteiger partial charge in [-0.25, -0.2) is 5.43 Å². The predicted molar refractivity (Wildman–Crippen MR) is 98.7 cm³/mol. The quantitative estimate of drug-likeness (QED) is 0.261. The molecule has 1 amide bonds. The van der Waals surface area contributed by atoms with Crippen molar-refractivity contribution in [1.29, 1.82) is 0 Å². The number of nitrogens with zero attached hydrogens (tertiary/aromatic N) is 1. The SMILES string of the molecule is C=CCCCCCCCCC(=O)N/N=C(/C)c1ccc(C)cc1. The van der Waals surface area contributed by atoms with E-state index in [1.54, 1.807) is 0 Å². The van der Waals surface area contributed by atoms with Crippen LogP contribution in [-0.2, 0) is 4.79 Å². The van der Waals surface area contributed by atoms with Crippen LogP contribution in [0.25, 0.3) is 0 Å². The number of hydrazone groups is 1. The summed E-state index contributed by atoms with van der Waals surface area (Å²) in [4.78, 5) is 11.8. The highest BCUT2D eigenvalue weighted by Crippen LogP contribution is 2.09. The smallest absolute Gasteiger partial charge is 0.240 e. The third kappa shape index (κ3) is 8.97. The molecule has 3 nitrogen and oxygen atoms in total. The van der Waals surface area contributed by atoms with Gasteiger partial charge in [0.15, 0.2) is 0 Å². The van der Waals surface area contributed by atoms with Gasteiger partial charge < -0.3 is 0 Å². The molecule has 3 heteroatoms. The van der Waals surface area contributed by atoms with Gasteiger partial charge in [-0.2, -0.15) is 5.10 Å². The van der Waals surface area contributed by atoms with Crippen molar-refractivity contribution in [2.45, 2.75) is 65.2 Å². The number of nitrogens with one attached hydrogen (secondary N) is 1. The zero-order valence-corrected chi connectivity index (χ0v) is 14.6. The summed E-state index contributed by atoms with van der Waals surface area (Å²) in [5.74, 6) is 0.00289. The lowest BCUT2D eigenvalue weighted by molar-refractivity contribution is -0.121. The molecular weight excluding hydrogens is 284 g/mol. The zero-order valence-electron chi connectivity index (χ0n) is 14.6. The summed E-state index contributed by atoms with van der Waals surface area (Å²) in [5.41, 5.74) is 5.74. The average molecular weight is 314 g/mol. The van der Waals surface area contributed by atoms with Crippen molar-refractivity contribution in [3.63, 3.8) is 0 Å². The molecule has 0 saturated heterocycles. The first-order valence-corrected chi connectivity index (χ1v) is 8.64. The maximum Gasteiger partial charge on any atom is 0.240 e. The largest absolute Gasteiger partial charge is 0.273 e. The van der Waals surface area contributed by atoms with E-state index in [0.29, 0.717) is 6.42 Å². The predicted octanol–water partition coefficient (Wildman–Crippen LogP) is 5.14. The standard InChI is InChI=1S/C20H30N2O/c1-4-5-6-7-8-9-10-11-12-20(23)22-21-18(3)19-15-13-17(2)14-16-19/h4,13-16H,1,5-12H2,2-3H3,(H,22,23)/b21-18-. The van der Waals surface area contributed by atoms with Gasteiger partial charge in [0.25, 0.3) is 0 Å². The maximum absolute atomic E-state index is 11.8. The second-order valence-electron chi connectivity index (χ2n) is 6.05. The lowest BCUT2D eigenvalue weighted by atomic mass is 10.1. The van der Waals surface area contributed by atoms with E-state index in [-0.39, 0.29) is 5.91 Å². The molecule has 0 saturated carbocycles. The van der Waals surface area contributed by atoms with E-state index in [4.69, 9.17) is 0 Å². The normalized spacial score (nSPS) is 11.3. The molecule has 0 heterocycles. The highest BCUT2D eigenvalue weighted by Gasteiger charge is 2.01.